The van der Waals surface area contributed by atoms with Gasteiger partial charge in [-0.2, -0.15) is 0 Å². The second-order valence-electron chi connectivity index (χ2n) is 6.80. The standard InChI is InChI=1S/C20H32O5/c1-3-4-5-6-7-8-9-10-11-12-16(21)18-17(22)14-13-15(19(18)23)20(24)25-2/h18,23H,3-14H2,1-2H3. The molecule has 1 N–H and O–H groups in total. The number of carbonyl (C=O) groups is 3. The van der Waals surface area contributed by atoms with Gasteiger partial charge in [-0.05, 0) is 12.8 Å². The van der Waals surface area contributed by atoms with Gasteiger partial charge in [-0.25, -0.2) is 4.79 Å². The quantitative estimate of drug-likeness (QED) is 0.319. The van der Waals surface area contributed by atoms with Crippen molar-refractivity contribution >= 4 is 17.5 Å². The van der Waals surface area contributed by atoms with E-state index >= 15 is 0 Å². The van der Waals surface area contributed by atoms with Gasteiger partial charge in [-0.15, -0.1) is 0 Å². The molecule has 1 aliphatic carbocycles. The molecule has 0 aromatic carbocycles. The van der Waals surface area contributed by atoms with E-state index in [1.54, 1.807) is 0 Å². The molecule has 1 unspecified atom stereocenters. The fraction of sp³-hybridized carbons (Fsp3) is 0.750. The normalized spacial score (nSPS) is 17.7. The van der Waals surface area contributed by atoms with Crippen molar-refractivity contribution in [3.05, 3.63) is 11.3 Å². The van der Waals surface area contributed by atoms with Crippen LogP contribution in [-0.2, 0) is 19.1 Å². The predicted molar refractivity (Wildman–Crippen MR) is 96.3 cm³/mol. The molecule has 0 aromatic rings. The maximum absolute atomic E-state index is 12.3. The maximum Gasteiger partial charge on any atom is 0.337 e. The van der Waals surface area contributed by atoms with Crippen LogP contribution in [0, 0.1) is 5.92 Å². The molecular formula is C20H32O5. The summed E-state index contributed by atoms with van der Waals surface area (Å²) in [6, 6.07) is 0. The highest BCUT2D eigenvalue weighted by molar-refractivity contribution is 6.08. The van der Waals surface area contributed by atoms with E-state index in [2.05, 4.69) is 11.7 Å². The highest BCUT2D eigenvalue weighted by atomic mass is 16.5. The third-order valence-corrected chi connectivity index (χ3v) is 4.81. The van der Waals surface area contributed by atoms with E-state index in [9.17, 15) is 19.5 Å². The largest absolute Gasteiger partial charge is 0.511 e. The highest BCUT2D eigenvalue weighted by Gasteiger charge is 2.37. The van der Waals surface area contributed by atoms with Crippen molar-refractivity contribution in [3.63, 3.8) is 0 Å². The van der Waals surface area contributed by atoms with E-state index in [1.807, 2.05) is 0 Å². The number of aliphatic hydroxyl groups is 1. The van der Waals surface area contributed by atoms with Crippen molar-refractivity contribution in [3.8, 4) is 0 Å². The first-order valence-corrected chi connectivity index (χ1v) is 9.58. The fourth-order valence-corrected chi connectivity index (χ4v) is 3.26. The summed E-state index contributed by atoms with van der Waals surface area (Å²) in [5.41, 5.74) is 0.0625. The summed E-state index contributed by atoms with van der Waals surface area (Å²) in [5.74, 6) is -2.82. The van der Waals surface area contributed by atoms with Crippen LogP contribution in [0.3, 0.4) is 0 Å². The van der Waals surface area contributed by atoms with E-state index < -0.39 is 17.6 Å². The number of Topliss-reactive ketones (excluding diaryl/α,β-unsaturated/α-hetero) is 2. The molecule has 0 radical (unpaired) electrons. The van der Waals surface area contributed by atoms with Crippen LogP contribution in [0.2, 0.25) is 0 Å². The lowest BCUT2D eigenvalue weighted by Gasteiger charge is -2.21. The molecule has 0 aliphatic heterocycles. The molecule has 1 rings (SSSR count). The number of carbonyl (C=O) groups excluding carboxylic acids is 3. The Morgan fingerprint density at radius 3 is 2.12 bits per heavy atom. The Morgan fingerprint density at radius 1 is 1.00 bits per heavy atom. The minimum absolute atomic E-state index is 0.0625. The molecule has 5 heteroatoms. The number of hydrogen-bond donors (Lipinski definition) is 1. The Labute approximate surface area is 150 Å². The first-order chi connectivity index (χ1) is 12.0. The van der Waals surface area contributed by atoms with Crippen molar-refractivity contribution in [1.82, 2.24) is 0 Å². The smallest absolute Gasteiger partial charge is 0.337 e. The van der Waals surface area contributed by atoms with Crippen molar-refractivity contribution in [1.29, 1.82) is 0 Å². The lowest BCUT2D eigenvalue weighted by atomic mass is 9.83. The van der Waals surface area contributed by atoms with Crippen molar-refractivity contribution in [2.75, 3.05) is 7.11 Å². The highest BCUT2D eigenvalue weighted by Crippen LogP contribution is 2.28. The molecule has 0 aromatic heterocycles. The second-order valence-corrected chi connectivity index (χ2v) is 6.80. The van der Waals surface area contributed by atoms with Crippen LogP contribution < -0.4 is 0 Å². The van der Waals surface area contributed by atoms with Gasteiger partial charge in [0.1, 0.15) is 11.7 Å². The first-order valence-electron chi connectivity index (χ1n) is 9.58. The first kappa shape index (κ1) is 21.4. The molecule has 0 saturated heterocycles. The van der Waals surface area contributed by atoms with Crippen molar-refractivity contribution in [2.24, 2.45) is 5.92 Å². The van der Waals surface area contributed by atoms with E-state index in [-0.39, 0.29) is 36.4 Å². The van der Waals surface area contributed by atoms with Gasteiger partial charge in [0, 0.05) is 12.8 Å². The molecule has 0 bridgehead atoms. The number of ketones is 2. The Bertz CT molecular complexity index is 492. The molecule has 0 fully saturated rings. The van der Waals surface area contributed by atoms with Gasteiger partial charge < -0.3 is 9.84 Å². The molecule has 0 spiro atoms. The number of aliphatic hydroxyl groups excluding tert-OH is 1. The molecule has 25 heavy (non-hydrogen) atoms. The molecule has 0 saturated carbocycles. The lowest BCUT2D eigenvalue weighted by molar-refractivity contribution is -0.137. The van der Waals surface area contributed by atoms with Crippen LogP contribution in [-0.4, -0.2) is 29.8 Å². The van der Waals surface area contributed by atoms with Crippen LogP contribution in [0.25, 0.3) is 0 Å². The third-order valence-electron chi connectivity index (χ3n) is 4.81. The van der Waals surface area contributed by atoms with Crippen molar-refractivity contribution in [2.45, 2.75) is 84.0 Å². The summed E-state index contributed by atoms with van der Waals surface area (Å²) in [6.07, 6.45) is 10.8. The van der Waals surface area contributed by atoms with Gasteiger partial charge in [0.15, 0.2) is 11.6 Å². The van der Waals surface area contributed by atoms with Crippen LogP contribution >= 0.6 is 0 Å². The minimum Gasteiger partial charge on any atom is -0.511 e. The maximum atomic E-state index is 12.3. The fourth-order valence-electron chi connectivity index (χ4n) is 3.26. The summed E-state index contributed by atoms with van der Waals surface area (Å²) in [6.45, 7) is 2.20. The average molecular weight is 352 g/mol. The minimum atomic E-state index is -1.17. The van der Waals surface area contributed by atoms with Crippen LogP contribution in [0.4, 0.5) is 0 Å². The molecule has 142 valence electrons. The summed E-state index contributed by atoms with van der Waals surface area (Å²) < 4.78 is 4.60. The number of methoxy groups -OCH3 is 1. The zero-order chi connectivity index (χ0) is 18.7. The van der Waals surface area contributed by atoms with Gasteiger partial charge in [0.2, 0.25) is 0 Å². The van der Waals surface area contributed by atoms with Crippen LogP contribution in [0.15, 0.2) is 11.3 Å². The zero-order valence-electron chi connectivity index (χ0n) is 15.6. The SMILES string of the molecule is CCCCCCCCCCCC(=O)C1C(=O)CCC(C(=O)OC)=C1O. The van der Waals surface area contributed by atoms with Gasteiger partial charge in [-0.3, -0.25) is 9.59 Å². The molecule has 1 aliphatic rings. The topological polar surface area (TPSA) is 80.7 Å². The molecule has 1 atom stereocenters. The number of hydrogen-bond acceptors (Lipinski definition) is 5. The van der Waals surface area contributed by atoms with Crippen molar-refractivity contribution < 1.29 is 24.2 Å². The number of rotatable bonds is 12. The zero-order valence-corrected chi connectivity index (χ0v) is 15.6. The Hall–Kier alpha value is -1.65. The summed E-state index contributed by atoms with van der Waals surface area (Å²) >= 11 is 0. The second kappa shape index (κ2) is 11.8. The molecule has 0 heterocycles. The summed E-state index contributed by atoms with van der Waals surface area (Å²) in [7, 11) is 1.22. The lowest BCUT2D eigenvalue weighted by Crippen LogP contribution is -2.32. The molecule has 5 nitrogen and oxygen atoms in total. The van der Waals surface area contributed by atoms with Gasteiger partial charge in [-0.1, -0.05) is 58.3 Å². The summed E-state index contributed by atoms with van der Waals surface area (Å²) in [5, 5.41) is 10.2. The van der Waals surface area contributed by atoms with Gasteiger partial charge in [0.25, 0.3) is 0 Å². The van der Waals surface area contributed by atoms with E-state index in [0.717, 1.165) is 19.3 Å². The monoisotopic (exact) mass is 352 g/mol. The molecular weight excluding hydrogens is 320 g/mol. The number of esters is 1. The Balaban J connectivity index is 2.35. The van der Waals surface area contributed by atoms with E-state index in [0.29, 0.717) is 0 Å². The van der Waals surface area contributed by atoms with E-state index in [4.69, 9.17) is 0 Å². The number of allylic oxidation sites excluding steroid dienone is 1. The van der Waals surface area contributed by atoms with Crippen LogP contribution in [0.1, 0.15) is 84.0 Å². The summed E-state index contributed by atoms with van der Waals surface area (Å²) in [4.78, 5) is 35.9. The van der Waals surface area contributed by atoms with Gasteiger partial charge in [0.05, 0.1) is 12.7 Å². The van der Waals surface area contributed by atoms with Gasteiger partial charge >= 0.3 is 5.97 Å². The van der Waals surface area contributed by atoms with E-state index in [1.165, 1.54) is 45.6 Å². The number of ether oxygens (including phenoxy) is 1. The predicted octanol–water partition coefficient (Wildman–Crippen LogP) is 4.44. The third kappa shape index (κ3) is 7.00. The number of unbranched alkanes of at least 4 members (excludes halogenated alkanes) is 8. The Morgan fingerprint density at radius 2 is 1.56 bits per heavy atom. The Kier molecular flexibility index (Phi) is 10.1. The average Bonchev–Trinajstić information content (AvgIpc) is 2.59. The molecule has 0 amide bonds. The van der Waals surface area contributed by atoms with Crippen LogP contribution in [0.5, 0.6) is 0 Å².